The Labute approximate surface area is 88.6 Å². The van der Waals surface area contributed by atoms with Crippen molar-refractivity contribution in [1.29, 1.82) is 0 Å². The Bertz CT molecular complexity index is 321. The van der Waals surface area contributed by atoms with Crippen LogP contribution >= 0.6 is 11.8 Å². The van der Waals surface area contributed by atoms with E-state index in [1.807, 2.05) is 24.5 Å². The van der Waals surface area contributed by atoms with E-state index in [4.69, 9.17) is 9.47 Å². The third kappa shape index (κ3) is 1.98. The van der Waals surface area contributed by atoms with Crippen LogP contribution in [0, 0.1) is 0 Å². The van der Waals surface area contributed by atoms with Gasteiger partial charge in [-0.1, -0.05) is 6.07 Å². The molecule has 0 heterocycles. The van der Waals surface area contributed by atoms with Gasteiger partial charge in [0.15, 0.2) is 0 Å². The van der Waals surface area contributed by atoms with Crippen LogP contribution in [0.3, 0.4) is 0 Å². The van der Waals surface area contributed by atoms with Gasteiger partial charge < -0.3 is 9.47 Å². The van der Waals surface area contributed by atoms with Gasteiger partial charge in [0.25, 0.3) is 0 Å². The van der Waals surface area contributed by atoms with Gasteiger partial charge in [0.2, 0.25) is 0 Å². The van der Waals surface area contributed by atoms with Gasteiger partial charge in [-0.05, 0) is 31.2 Å². The number of rotatable bonds is 4. The molecule has 1 fully saturated rings. The molecular weight excluding hydrogens is 196 g/mol. The third-order valence-electron chi connectivity index (χ3n) is 2.18. The summed E-state index contributed by atoms with van der Waals surface area (Å²) in [6, 6.07) is 5.94. The molecule has 1 aliphatic rings. The zero-order valence-corrected chi connectivity index (χ0v) is 9.26. The maximum absolute atomic E-state index is 5.79. The first kappa shape index (κ1) is 9.71. The molecule has 2 rings (SSSR count). The van der Waals surface area contributed by atoms with Gasteiger partial charge in [0, 0.05) is 0 Å². The highest BCUT2D eigenvalue weighted by Gasteiger charge is 2.25. The standard InChI is InChI=1S/C11H14O2S/c1-12-9-4-3-5-10(11(9)14-2)13-8-6-7-8/h3-5,8H,6-7H2,1-2H3. The summed E-state index contributed by atoms with van der Waals surface area (Å²) in [5.41, 5.74) is 0. The number of hydrogen-bond donors (Lipinski definition) is 0. The van der Waals surface area contributed by atoms with Crippen LogP contribution < -0.4 is 9.47 Å². The number of hydrogen-bond acceptors (Lipinski definition) is 3. The van der Waals surface area contributed by atoms with Gasteiger partial charge >= 0.3 is 0 Å². The van der Waals surface area contributed by atoms with Crippen molar-refractivity contribution in [2.75, 3.05) is 13.4 Å². The fraction of sp³-hybridized carbons (Fsp3) is 0.455. The molecule has 0 bridgehead atoms. The first-order valence-corrected chi connectivity index (χ1v) is 5.95. The van der Waals surface area contributed by atoms with Crippen LogP contribution in [0.2, 0.25) is 0 Å². The largest absolute Gasteiger partial charge is 0.495 e. The van der Waals surface area contributed by atoms with Crippen LogP contribution in [0.15, 0.2) is 23.1 Å². The second kappa shape index (κ2) is 4.13. The Morgan fingerprint density at radius 2 is 2.00 bits per heavy atom. The van der Waals surface area contributed by atoms with E-state index in [1.165, 1.54) is 12.8 Å². The van der Waals surface area contributed by atoms with Crippen LogP contribution in [0.1, 0.15) is 12.8 Å². The van der Waals surface area contributed by atoms with Crippen LogP contribution in [0.4, 0.5) is 0 Å². The van der Waals surface area contributed by atoms with Gasteiger partial charge in [0.1, 0.15) is 11.5 Å². The van der Waals surface area contributed by atoms with Crippen molar-refractivity contribution in [3.63, 3.8) is 0 Å². The van der Waals surface area contributed by atoms with E-state index in [1.54, 1.807) is 18.9 Å². The second-order valence-corrected chi connectivity index (χ2v) is 4.13. The Morgan fingerprint density at radius 3 is 2.57 bits per heavy atom. The predicted molar refractivity (Wildman–Crippen MR) is 58.4 cm³/mol. The second-order valence-electron chi connectivity index (χ2n) is 3.31. The highest BCUT2D eigenvalue weighted by atomic mass is 32.2. The van der Waals surface area contributed by atoms with Crippen molar-refractivity contribution in [1.82, 2.24) is 0 Å². The molecule has 14 heavy (non-hydrogen) atoms. The number of thioether (sulfide) groups is 1. The zero-order valence-electron chi connectivity index (χ0n) is 8.45. The predicted octanol–water partition coefficient (Wildman–Crippen LogP) is 2.96. The lowest BCUT2D eigenvalue weighted by Crippen LogP contribution is -1.98. The summed E-state index contributed by atoms with van der Waals surface area (Å²) >= 11 is 1.67. The molecule has 0 unspecified atom stereocenters. The fourth-order valence-corrected chi connectivity index (χ4v) is 1.99. The quantitative estimate of drug-likeness (QED) is 0.712. The van der Waals surface area contributed by atoms with Crippen LogP contribution in [0.25, 0.3) is 0 Å². The average molecular weight is 210 g/mol. The van der Waals surface area contributed by atoms with E-state index in [0.29, 0.717) is 6.10 Å². The lowest BCUT2D eigenvalue weighted by Gasteiger charge is -2.12. The minimum absolute atomic E-state index is 0.438. The van der Waals surface area contributed by atoms with E-state index < -0.39 is 0 Å². The van der Waals surface area contributed by atoms with Crippen LogP contribution in [-0.4, -0.2) is 19.5 Å². The highest BCUT2D eigenvalue weighted by molar-refractivity contribution is 7.98. The van der Waals surface area contributed by atoms with E-state index in [-0.39, 0.29) is 0 Å². The molecule has 76 valence electrons. The summed E-state index contributed by atoms with van der Waals surface area (Å²) in [5, 5.41) is 0. The molecule has 1 aliphatic carbocycles. The van der Waals surface area contributed by atoms with Gasteiger partial charge in [-0.15, -0.1) is 11.8 Å². The molecule has 0 atom stereocenters. The van der Waals surface area contributed by atoms with E-state index in [2.05, 4.69) is 0 Å². The molecule has 1 aromatic rings. The van der Waals surface area contributed by atoms with Gasteiger partial charge in [-0.3, -0.25) is 0 Å². The van der Waals surface area contributed by atoms with Crippen molar-refractivity contribution in [3.05, 3.63) is 18.2 Å². The molecule has 0 amide bonds. The Hall–Kier alpha value is -0.830. The topological polar surface area (TPSA) is 18.5 Å². The molecule has 0 aliphatic heterocycles. The Kier molecular flexibility index (Phi) is 2.87. The molecule has 0 aromatic heterocycles. The summed E-state index contributed by atoms with van der Waals surface area (Å²) in [6.45, 7) is 0. The molecule has 1 saturated carbocycles. The molecule has 3 heteroatoms. The summed E-state index contributed by atoms with van der Waals surface area (Å²) in [4.78, 5) is 1.10. The van der Waals surface area contributed by atoms with Crippen molar-refractivity contribution >= 4 is 11.8 Å². The van der Waals surface area contributed by atoms with Crippen LogP contribution in [-0.2, 0) is 0 Å². The monoisotopic (exact) mass is 210 g/mol. The Morgan fingerprint density at radius 1 is 1.29 bits per heavy atom. The van der Waals surface area contributed by atoms with Gasteiger partial charge in [-0.2, -0.15) is 0 Å². The van der Waals surface area contributed by atoms with Crippen LogP contribution in [0.5, 0.6) is 11.5 Å². The lowest BCUT2D eigenvalue weighted by molar-refractivity contribution is 0.291. The van der Waals surface area contributed by atoms with E-state index in [9.17, 15) is 0 Å². The summed E-state index contributed by atoms with van der Waals surface area (Å²) in [6.07, 6.45) is 4.85. The molecule has 0 radical (unpaired) electrons. The van der Waals surface area contributed by atoms with Gasteiger partial charge in [0.05, 0.1) is 18.1 Å². The van der Waals surface area contributed by atoms with Crippen molar-refractivity contribution in [3.8, 4) is 11.5 Å². The minimum atomic E-state index is 0.438. The summed E-state index contributed by atoms with van der Waals surface area (Å²) in [5.74, 6) is 1.86. The smallest absolute Gasteiger partial charge is 0.137 e. The van der Waals surface area contributed by atoms with E-state index >= 15 is 0 Å². The fourth-order valence-electron chi connectivity index (χ4n) is 1.32. The molecular formula is C11H14O2S. The Balaban J connectivity index is 2.26. The summed E-state index contributed by atoms with van der Waals surface area (Å²) < 4.78 is 11.1. The van der Waals surface area contributed by atoms with Crippen molar-refractivity contribution < 1.29 is 9.47 Å². The number of ether oxygens (including phenoxy) is 2. The minimum Gasteiger partial charge on any atom is -0.495 e. The maximum Gasteiger partial charge on any atom is 0.137 e. The number of benzene rings is 1. The average Bonchev–Trinajstić information content (AvgIpc) is 3.01. The SMILES string of the molecule is COc1cccc(OC2CC2)c1SC. The molecule has 0 N–H and O–H groups in total. The first-order chi connectivity index (χ1) is 6.85. The zero-order chi connectivity index (χ0) is 9.97. The first-order valence-electron chi connectivity index (χ1n) is 4.73. The summed E-state index contributed by atoms with van der Waals surface area (Å²) in [7, 11) is 1.69. The molecule has 1 aromatic carbocycles. The lowest BCUT2D eigenvalue weighted by atomic mass is 10.3. The van der Waals surface area contributed by atoms with Crippen molar-refractivity contribution in [2.24, 2.45) is 0 Å². The maximum atomic E-state index is 5.79. The highest BCUT2D eigenvalue weighted by Crippen LogP contribution is 2.39. The van der Waals surface area contributed by atoms with Crippen molar-refractivity contribution in [2.45, 2.75) is 23.8 Å². The normalized spacial score (nSPS) is 15.3. The third-order valence-corrected chi connectivity index (χ3v) is 3.00. The van der Waals surface area contributed by atoms with Gasteiger partial charge in [-0.25, -0.2) is 0 Å². The van der Waals surface area contributed by atoms with E-state index in [0.717, 1.165) is 16.4 Å². The molecule has 2 nitrogen and oxygen atoms in total. The molecule has 0 saturated heterocycles. The molecule has 0 spiro atoms. The number of methoxy groups -OCH3 is 1.